The van der Waals surface area contributed by atoms with Crippen molar-refractivity contribution in [3.8, 4) is 11.5 Å². The van der Waals surface area contributed by atoms with Gasteiger partial charge in [0.05, 0.1) is 6.54 Å². The van der Waals surface area contributed by atoms with Gasteiger partial charge >= 0.3 is 0 Å². The molecule has 0 aliphatic heterocycles. The van der Waals surface area contributed by atoms with Gasteiger partial charge in [0.2, 0.25) is 0 Å². The Balaban J connectivity index is 1.69. The van der Waals surface area contributed by atoms with Gasteiger partial charge in [0.1, 0.15) is 18.1 Å². The highest BCUT2D eigenvalue weighted by molar-refractivity contribution is 6.31. The zero-order valence-electron chi connectivity index (χ0n) is 14.2. The monoisotopic (exact) mass is 347 g/mol. The van der Waals surface area contributed by atoms with E-state index in [-0.39, 0.29) is 12.5 Å². The molecule has 0 bridgehead atoms. The lowest BCUT2D eigenvalue weighted by Crippen LogP contribution is -2.32. The fraction of sp³-hybridized carbons (Fsp3) is 0.316. The van der Waals surface area contributed by atoms with Crippen molar-refractivity contribution in [1.82, 2.24) is 5.32 Å². The number of carbonyl (C=O) groups excluding carboxylic acids is 1. The summed E-state index contributed by atoms with van der Waals surface area (Å²) in [6, 6.07) is 11.4. The van der Waals surface area contributed by atoms with Gasteiger partial charge in [0.15, 0.2) is 6.61 Å². The van der Waals surface area contributed by atoms with Crippen molar-refractivity contribution in [3.05, 3.63) is 58.1 Å². The molecule has 5 heteroatoms. The van der Waals surface area contributed by atoms with E-state index in [9.17, 15) is 4.79 Å². The molecule has 1 amide bonds. The predicted molar refractivity (Wildman–Crippen MR) is 96.1 cm³/mol. The zero-order valence-corrected chi connectivity index (χ0v) is 14.9. The standard InChI is InChI=1S/C19H22ClNO3/c1-13-4-5-15(3)18(10-13)24-12-19(22)21-8-9-23-16-7-6-14(2)17(20)11-16/h4-7,10-11H,8-9,12H2,1-3H3,(H,21,22). The molecule has 0 aromatic heterocycles. The van der Waals surface area contributed by atoms with Gasteiger partial charge in [-0.3, -0.25) is 4.79 Å². The molecule has 0 spiro atoms. The van der Waals surface area contributed by atoms with Gasteiger partial charge in [0, 0.05) is 5.02 Å². The lowest BCUT2D eigenvalue weighted by Gasteiger charge is -2.11. The summed E-state index contributed by atoms with van der Waals surface area (Å²) in [4.78, 5) is 11.8. The Morgan fingerprint density at radius 3 is 2.54 bits per heavy atom. The molecule has 0 aliphatic rings. The first kappa shape index (κ1) is 18.1. The third kappa shape index (κ3) is 5.46. The van der Waals surface area contributed by atoms with Crippen molar-refractivity contribution in [1.29, 1.82) is 0 Å². The quantitative estimate of drug-likeness (QED) is 0.774. The summed E-state index contributed by atoms with van der Waals surface area (Å²) in [5.74, 6) is 1.24. The minimum atomic E-state index is -0.179. The van der Waals surface area contributed by atoms with Crippen molar-refractivity contribution < 1.29 is 14.3 Å². The third-order valence-electron chi connectivity index (χ3n) is 3.54. The fourth-order valence-electron chi connectivity index (χ4n) is 2.08. The molecule has 1 N–H and O–H groups in total. The number of hydrogen-bond acceptors (Lipinski definition) is 3. The summed E-state index contributed by atoms with van der Waals surface area (Å²) < 4.78 is 11.1. The van der Waals surface area contributed by atoms with Crippen molar-refractivity contribution in [2.24, 2.45) is 0 Å². The van der Waals surface area contributed by atoms with Crippen LogP contribution in [0, 0.1) is 20.8 Å². The van der Waals surface area contributed by atoms with E-state index in [1.54, 1.807) is 6.07 Å². The fourth-order valence-corrected chi connectivity index (χ4v) is 2.25. The summed E-state index contributed by atoms with van der Waals surface area (Å²) in [5.41, 5.74) is 3.11. The highest BCUT2D eigenvalue weighted by atomic mass is 35.5. The lowest BCUT2D eigenvalue weighted by atomic mass is 10.1. The van der Waals surface area contributed by atoms with Gasteiger partial charge in [-0.25, -0.2) is 0 Å². The molecular weight excluding hydrogens is 326 g/mol. The normalized spacial score (nSPS) is 10.3. The van der Waals surface area contributed by atoms with E-state index in [0.717, 1.165) is 22.4 Å². The van der Waals surface area contributed by atoms with Crippen LogP contribution in [0.2, 0.25) is 5.02 Å². The summed E-state index contributed by atoms with van der Waals surface area (Å²) in [6.07, 6.45) is 0. The maximum absolute atomic E-state index is 11.8. The number of carbonyl (C=O) groups is 1. The van der Waals surface area contributed by atoms with Crippen LogP contribution in [0.15, 0.2) is 36.4 Å². The van der Waals surface area contributed by atoms with Gasteiger partial charge in [-0.1, -0.05) is 29.8 Å². The molecular formula is C19H22ClNO3. The number of benzene rings is 2. The largest absolute Gasteiger partial charge is 0.492 e. The summed E-state index contributed by atoms with van der Waals surface area (Å²) in [5, 5.41) is 3.43. The average molecular weight is 348 g/mol. The smallest absolute Gasteiger partial charge is 0.258 e. The van der Waals surface area contributed by atoms with Gasteiger partial charge in [0.25, 0.3) is 5.91 Å². The second kappa shape index (κ2) is 8.60. The number of halogens is 1. The van der Waals surface area contributed by atoms with E-state index in [4.69, 9.17) is 21.1 Å². The highest BCUT2D eigenvalue weighted by Gasteiger charge is 2.05. The van der Waals surface area contributed by atoms with Gasteiger partial charge in [-0.05, 0) is 55.7 Å². The molecule has 0 saturated carbocycles. The van der Waals surface area contributed by atoms with E-state index in [0.29, 0.717) is 23.9 Å². The van der Waals surface area contributed by atoms with E-state index in [1.807, 2.05) is 51.1 Å². The van der Waals surface area contributed by atoms with E-state index in [2.05, 4.69) is 5.32 Å². The second-order valence-electron chi connectivity index (χ2n) is 5.67. The van der Waals surface area contributed by atoms with Crippen LogP contribution in [-0.4, -0.2) is 25.7 Å². The minimum Gasteiger partial charge on any atom is -0.492 e. The van der Waals surface area contributed by atoms with E-state index >= 15 is 0 Å². The Labute approximate surface area is 147 Å². The van der Waals surface area contributed by atoms with E-state index in [1.165, 1.54) is 0 Å². The molecule has 0 unspecified atom stereocenters. The Morgan fingerprint density at radius 1 is 1.04 bits per heavy atom. The molecule has 2 aromatic carbocycles. The number of ether oxygens (including phenoxy) is 2. The highest BCUT2D eigenvalue weighted by Crippen LogP contribution is 2.21. The van der Waals surface area contributed by atoms with Gasteiger partial charge in [-0.2, -0.15) is 0 Å². The second-order valence-corrected chi connectivity index (χ2v) is 6.07. The predicted octanol–water partition coefficient (Wildman–Crippen LogP) is 3.84. The molecule has 2 aromatic rings. The van der Waals surface area contributed by atoms with Crippen LogP contribution in [0.3, 0.4) is 0 Å². The van der Waals surface area contributed by atoms with Crippen LogP contribution in [0.5, 0.6) is 11.5 Å². The first-order valence-corrected chi connectivity index (χ1v) is 8.19. The maximum Gasteiger partial charge on any atom is 0.258 e. The third-order valence-corrected chi connectivity index (χ3v) is 3.95. The van der Waals surface area contributed by atoms with Gasteiger partial charge in [-0.15, -0.1) is 0 Å². The van der Waals surface area contributed by atoms with E-state index < -0.39 is 0 Å². The molecule has 0 radical (unpaired) electrons. The van der Waals surface area contributed by atoms with Crippen molar-refractivity contribution in [2.45, 2.75) is 20.8 Å². The number of nitrogens with one attached hydrogen (secondary N) is 1. The van der Waals surface area contributed by atoms with Gasteiger partial charge < -0.3 is 14.8 Å². The SMILES string of the molecule is Cc1ccc(C)c(OCC(=O)NCCOc2ccc(C)c(Cl)c2)c1. The molecule has 0 fully saturated rings. The molecule has 0 aliphatic carbocycles. The first-order chi connectivity index (χ1) is 11.5. The van der Waals surface area contributed by atoms with Crippen LogP contribution in [0.1, 0.15) is 16.7 Å². The number of aryl methyl sites for hydroxylation is 3. The Kier molecular flexibility index (Phi) is 6.50. The summed E-state index contributed by atoms with van der Waals surface area (Å²) in [7, 11) is 0. The zero-order chi connectivity index (χ0) is 17.5. The van der Waals surface area contributed by atoms with Crippen LogP contribution >= 0.6 is 11.6 Å². The lowest BCUT2D eigenvalue weighted by molar-refractivity contribution is -0.123. The number of hydrogen-bond donors (Lipinski definition) is 1. The Bertz CT molecular complexity index is 716. The van der Waals surface area contributed by atoms with Crippen molar-refractivity contribution in [3.63, 3.8) is 0 Å². The summed E-state index contributed by atoms with van der Waals surface area (Å²) in [6.45, 7) is 6.63. The van der Waals surface area contributed by atoms with Crippen LogP contribution in [0.25, 0.3) is 0 Å². The summed E-state index contributed by atoms with van der Waals surface area (Å²) >= 11 is 6.03. The molecule has 0 atom stereocenters. The molecule has 128 valence electrons. The molecule has 24 heavy (non-hydrogen) atoms. The minimum absolute atomic E-state index is 0.0132. The van der Waals surface area contributed by atoms with Crippen LogP contribution < -0.4 is 14.8 Å². The number of amides is 1. The molecule has 0 heterocycles. The first-order valence-electron chi connectivity index (χ1n) is 7.81. The molecule has 2 rings (SSSR count). The Morgan fingerprint density at radius 2 is 1.79 bits per heavy atom. The average Bonchev–Trinajstić information content (AvgIpc) is 2.55. The van der Waals surface area contributed by atoms with Crippen molar-refractivity contribution in [2.75, 3.05) is 19.8 Å². The Hall–Kier alpha value is -2.20. The number of rotatable bonds is 7. The maximum atomic E-state index is 11.8. The molecule has 0 saturated heterocycles. The van der Waals surface area contributed by atoms with Crippen LogP contribution in [-0.2, 0) is 4.79 Å². The molecule has 4 nitrogen and oxygen atoms in total. The topological polar surface area (TPSA) is 47.6 Å². The van der Waals surface area contributed by atoms with Crippen molar-refractivity contribution >= 4 is 17.5 Å². The van der Waals surface area contributed by atoms with Crippen LogP contribution in [0.4, 0.5) is 0 Å².